The molecular weight excluding hydrogens is 284 g/mol. The summed E-state index contributed by atoms with van der Waals surface area (Å²) in [5.41, 5.74) is 2.21. The van der Waals surface area contributed by atoms with Crippen molar-refractivity contribution in [3.63, 3.8) is 0 Å². The van der Waals surface area contributed by atoms with E-state index in [1.54, 1.807) is 6.20 Å². The van der Waals surface area contributed by atoms with Gasteiger partial charge in [-0.25, -0.2) is 0 Å². The van der Waals surface area contributed by atoms with E-state index in [0.29, 0.717) is 5.88 Å². The van der Waals surface area contributed by atoms with Crippen molar-refractivity contribution in [3.8, 4) is 5.75 Å². The third kappa shape index (κ3) is 3.96. The highest BCUT2D eigenvalue weighted by Gasteiger charge is 2.23. The summed E-state index contributed by atoms with van der Waals surface area (Å²) in [4.78, 5) is 6.62. The highest BCUT2D eigenvalue weighted by molar-refractivity contribution is 6.16. The van der Waals surface area contributed by atoms with Crippen molar-refractivity contribution in [1.29, 1.82) is 0 Å². The molecule has 1 atom stereocenters. The molecule has 110 valence electrons. The molecule has 2 heterocycles. The van der Waals surface area contributed by atoms with Gasteiger partial charge in [0.1, 0.15) is 11.9 Å². The van der Waals surface area contributed by atoms with E-state index < -0.39 is 0 Å². The smallest absolute Gasteiger partial charge is 0.123 e. The fourth-order valence-corrected chi connectivity index (χ4v) is 2.82. The Balaban J connectivity index is 1.54. The second-order valence-corrected chi connectivity index (χ2v) is 5.63. The summed E-state index contributed by atoms with van der Waals surface area (Å²) in [5, 5.41) is 0. The van der Waals surface area contributed by atoms with Gasteiger partial charge in [0.05, 0.1) is 11.6 Å². The van der Waals surface area contributed by atoms with Crippen LogP contribution in [0.5, 0.6) is 5.75 Å². The number of hydrogen-bond donors (Lipinski definition) is 0. The maximum Gasteiger partial charge on any atom is 0.123 e. The molecule has 1 saturated heterocycles. The second-order valence-electron chi connectivity index (χ2n) is 5.37. The fourth-order valence-electron chi connectivity index (χ4n) is 2.67. The molecule has 1 aliphatic heterocycles. The van der Waals surface area contributed by atoms with Gasteiger partial charge < -0.3 is 4.74 Å². The van der Waals surface area contributed by atoms with Gasteiger partial charge in [0, 0.05) is 31.9 Å². The minimum absolute atomic E-state index is 0.249. The molecule has 4 heteroatoms. The van der Waals surface area contributed by atoms with Gasteiger partial charge in [-0.2, -0.15) is 0 Å². The van der Waals surface area contributed by atoms with E-state index in [-0.39, 0.29) is 6.10 Å². The van der Waals surface area contributed by atoms with E-state index in [9.17, 15) is 0 Å². The van der Waals surface area contributed by atoms with Crippen molar-refractivity contribution < 1.29 is 4.74 Å². The Morgan fingerprint density at radius 2 is 2.10 bits per heavy atom. The molecular formula is C17H19ClN2O. The van der Waals surface area contributed by atoms with Gasteiger partial charge in [-0.15, -0.1) is 11.6 Å². The van der Waals surface area contributed by atoms with Crippen LogP contribution in [0.4, 0.5) is 0 Å². The molecule has 3 nitrogen and oxygen atoms in total. The lowest BCUT2D eigenvalue weighted by Crippen LogP contribution is -2.24. The van der Waals surface area contributed by atoms with Crippen LogP contribution in [0.1, 0.15) is 17.7 Å². The van der Waals surface area contributed by atoms with Gasteiger partial charge in [-0.3, -0.25) is 9.88 Å². The van der Waals surface area contributed by atoms with E-state index in [0.717, 1.165) is 37.5 Å². The van der Waals surface area contributed by atoms with Crippen molar-refractivity contribution in [1.82, 2.24) is 9.88 Å². The minimum atomic E-state index is 0.249. The third-order valence-corrected chi connectivity index (χ3v) is 3.98. The molecule has 0 radical (unpaired) electrons. The maximum absolute atomic E-state index is 6.05. The first kappa shape index (κ1) is 14.4. The van der Waals surface area contributed by atoms with Crippen molar-refractivity contribution in [2.24, 2.45) is 0 Å². The Morgan fingerprint density at radius 1 is 1.24 bits per heavy atom. The van der Waals surface area contributed by atoms with Gasteiger partial charge in [-0.05, 0) is 18.1 Å². The Bertz CT molecular complexity index is 576. The topological polar surface area (TPSA) is 25.4 Å². The number of rotatable bonds is 5. The van der Waals surface area contributed by atoms with Gasteiger partial charge in [0.25, 0.3) is 0 Å². The zero-order chi connectivity index (χ0) is 14.5. The molecule has 1 unspecified atom stereocenters. The SMILES string of the molecule is ClCc1cc(OC2CCN(Cc3ccccc3)C2)ccn1. The number of hydrogen-bond acceptors (Lipinski definition) is 3. The number of aromatic nitrogens is 1. The molecule has 1 aliphatic rings. The first-order chi connectivity index (χ1) is 10.3. The fraction of sp³-hybridized carbons (Fsp3) is 0.353. The summed E-state index contributed by atoms with van der Waals surface area (Å²) in [6, 6.07) is 14.4. The molecule has 3 rings (SSSR count). The molecule has 2 aromatic rings. The van der Waals surface area contributed by atoms with Gasteiger partial charge in [-0.1, -0.05) is 30.3 Å². The number of ether oxygens (including phenoxy) is 1. The summed E-state index contributed by atoms with van der Waals surface area (Å²) in [6.45, 7) is 3.03. The number of alkyl halides is 1. The van der Waals surface area contributed by atoms with Crippen LogP contribution in [-0.4, -0.2) is 29.1 Å². The highest BCUT2D eigenvalue weighted by atomic mass is 35.5. The zero-order valence-electron chi connectivity index (χ0n) is 11.9. The maximum atomic E-state index is 6.05. The summed E-state index contributed by atoms with van der Waals surface area (Å²) in [6.07, 6.45) is 3.06. The number of nitrogens with zero attached hydrogens (tertiary/aromatic N) is 2. The predicted octanol–water partition coefficient (Wildman–Crippen LogP) is 3.47. The average Bonchev–Trinajstić information content (AvgIpc) is 2.95. The van der Waals surface area contributed by atoms with Crippen molar-refractivity contribution in [2.75, 3.05) is 13.1 Å². The van der Waals surface area contributed by atoms with Crippen LogP contribution in [-0.2, 0) is 12.4 Å². The van der Waals surface area contributed by atoms with Crippen molar-refractivity contribution >= 4 is 11.6 Å². The average molecular weight is 303 g/mol. The second kappa shape index (κ2) is 6.92. The predicted molar refractivity (Wildman–Crippen MR) is 84.5 cm³/mol. The van der Waals surface area contributed by atoms with Gasteiger partial charge in [0.2, 0.25) is 0 Å². The Kier molecular flexibility index (Phi) is 4.73. The van der Waals surface area contributed by atoms with Crippen LogP contribution >= 0.6 is 11.6 Å². The van der Waals surface area contributed by atoms with Gasteiger partial charge >= 0.3 is 0 Å². The zero-order valence-corrected chi connectivity index (χ0v) is 12.7. The van der Waals surface area contributed by atoms with Crippen LogP contribution in [0.3, 0.4) is 0 Å². The Hall–Kier alpha value is -1.58. The molecule has 1 aromatic carbocycles. The van der Waals surface area contributed by atoms with Crippen LogP contribution < -0.4 is 4.74 Å². The van der Waals surface area contributed by atoms with E-state index in [2.05, 4.69) is 40.2 Å². The van der Waals surface area contributed by atoms with Gasteiger partial charge in [0.15, 0.2) is 0 Å². The number of halogens is 1. The van der Waals surface area contributed by atoms with Crippen LogP contribution in [0.25, 0.3) is 0 Å². The van der Waals surface area contributed by atoms with Crippen LogP contribution in [0, 0.1) is 0 Å². The van der Waals surface area contributed by atoms with E-state index in [4.69, 9.17) is 16.3 Å². The van der Waals surface area contributed by atoms with E-state index >= 15 is 0 Å². The lowest BCUT2D eigenvalue weighted by atomic mass is 10.2. The molecule has 0 spiro atoms. The van der Waals surface area contributed by atoms with Crippen LogP contribution in [0.2, 0.25) is 0 Å². The first-order valence-electron chi connectivity index (χ1n) is 7.27. The minimum Gasteiger partial charge on any atom is -0.489 e. The molecule has 0 amide bonds. The lowest BCUT2D eigenvalue weighted by Gasteiger charge is -2.17. The number of likely N-dealkylation sites (tertiary alicyclic amines) is 1. The quantitative estimate of drug-likeness (QED) is 0.791. The lowest BCUT2D eigenvalue weighted by molar-refractivity contribution is 0.198. The summed E-state index contributed by atoms with van der Waals surface area (Å²) in [5.74, 6) is 1.29. The third-order valence-electron chi connectivity index (χ3n) is 3.71. The molecule has 0 N–H and O–H groups in total. The number of pyridine rings is 1. The van der Waals surface area contributed by atoms with Crippen LogP contribution in [0.15, 0.2) is 48.7 Å². The molecule has 0 bridgehead atoms. The molecule has 0 aliphatic carbocycles. The van der Waals surface area contributed by atoms with Crippen molar-refractivity contribution in [3.05, 3.63) is 59.9 Å². The normalized spacial score (nSPS) is 18.8. The molecule has 0 saturated carbocycles. The summed E-state index contributed by atoms with van der Waals surface area (Å²) < 4.78 is 6.05. The standard InChI is InChI=1S/C17H19ClN2O/c18-11-15-10-16(6-8-19-15)21-17-7-9-20(13-17)12-14-4-2-1-3-5-14/h1-6,8,10,17H,7,9,11-13H2. The number of benzene rings is 1. The highest BCUT2D eigenvalue weighted by Crippen LogP contribution is 2.20. The van der Waals surface area contributed by atoms with Crippen molar-refractivity contribution in [2.45, 2.75) is 24.9 Å². The van der Waals surface area contributed by atoms with E-state index in [1.807, 2.05) is 12.1 Å². The first-order valence-corrected chi connectivity index (χ1v) is 7.81. The largest absolute Gasteiger partial charge is 0.489 e. The summed E-state index contributed by atoms with van der Waals surface area (Å²) >= 11 is 5.80. The Morgan fingerprint density at radius 3 is 2.90 bits per heavy atom. The Labute approximate surface area is 130 Å². The molecule has 1 fully saturated rings. The molecule has 21 heavy (non-hydrogen) atoms. The summed E-state index contributed by atoms with van der Waals surface area (Å²) in [7, 11) is 0. The monoisotopic (exact) mass is 302 g/mol. The van der Waals surface area contributed by atoms with E-state index in [1.165, 1.54) is 5.56 Å². The molecule has 1 aromatic heterocycles.